The van der Waals surface area contributed by atoms with E-state index in [-0.39, 0.29) is 37.0 Å². The minimum absolute atomic E-state index is 0.00868. The van der Waals surface area contributed by atoms with E-state index >= 15 is 0 Å². The first kappa shape index (κ1) is 53.9. The molecular weight excluding hydrogens is 944 g/mol. The number of thiocarbonyl (C=S) groups is 1. The van der Waals surface area contributed by atoms with Gasteiger partial charge in [0.25, 0.3) is 5.91 Å². The van der Waals surface area contributed by atoms with Gasteiger partial charge in [-0.25, -0.2) is 4.98 Å². The van der Waals surface area contributed by atoms with E-state index in [2.05, 4.69) is 15.6 Å². The number of β-amino-alcohol motifs (C(OH)–C–C–N with tert-alkyl or cyclic N) is 1. The van der Waals surface area contributed by atoms with Gasteiger partial charge in [-0.3, -0.25) is 24.1 Å². The molecule has 0 unspecified atom stereocenters. The zero-order valence-corrected chi connectivity index (χ0v) is 41.6. The van der Waals surface area contributed by atoms with Crippen LogP contribution in [-0.4, -0.2) is 107 Å². The molecule has 2 saturated heterocycles. The molecule has 0 spiro atoms. The molecule has 16 nitrogen and oxygen atoms in total. The number of likely N-dealkylation sites (tertiary alicyclic amines) is 1. The molecule has 380 valence electrons. The lowest BCUT2D eigenvalue weighted by Gasteiger charge is -2.35. The fraction of sp³-hybridized carbons (Fsp3) is 0.471. The van der Waals surface area contributed by atoms with Crippen molar-refractivity contribution in [3.8, 4) is 23.1 Å². The normalized spacial score (nSPS) is 17.8. The second-order valence-corrected chi connectivity index (χ2v) is 19.5. The number of carbonyl (C=O) groups excluding carboxylic acids is 4. The van der Waals surface area contributed by atoms with Crippen molar-refractivity contribution >= 4 is 52.3 Å². The Labute approximate surface area is 416 Å². The van der Waals surface area contributed by atoms with E-state index in [1.165, 1.54) is 17.4 Å². The second kappa shape index (κ2) is 22.8. The highest BCUT2D eigenvalue weighted by molar-refractivity contribution is 7.81. The monoisotopic (exact) mass is 1000 g/mol. The second-order valence-electron chi connectivity index (χ2n) is 19.1. The maximum Gasteiger partial charge on any atom is 0.417 e. The lowest BCUT2D eigenvalue weighted by atomic mass is 9.85. The SMILES string of the molecule is Cc1ncoc1-c1ccc([C@H](C)NC(=O)[C@@H]2C[C@@H](O)CN2C(=O)[C@@H](NC(=O)COCCCOCCCCOc2ccc(N3C(=S)N(c4ccc(C#N)c(C(F)(F)F)c4)C(=O)C3(C)C)cc2)C(C)(C)C)cc1. The van der Waals surface area contributed by atoms with E-state index in [1.54, 1.807) is 49.1 Å². The highest BCUT2D eigenvalue weighted by Crippen LogP contribution is 2.40. The molecule has 6 rings (SSSR count). The number of oxazole rings is 1. The number of alkyl halides is 3. The Morgan fingerprint density at radius 2 is 1.61 bits per heavy atom. The number of nitriles is 1. The Morgan fingerprint density at radius 3 is 2.24 bits per heavy atom. The first-order chi connectivity index (χ1) is 33.5. The average Bonchev–Trinajstić information content (AvgIpc) is 3.98. The number of carbonyl (C=O) groups is 4. The van der Waals surface area contributed by atoms with Gasteiger partial charge in [-0.05, 0) is 113 Å². The number of aliphatic hydroxyl groups excluding tert-OH is 1. The summed E-state index contributed by atoms with van der Waals surface area (Å²) in [5.41, 5.74) is -0.785. The molecule has 0 radical (unpaired) electrons. The molecule has 0 aliphatic carbocycles. The highest BCUT2D eigenvalue weighted by atomic mass is 32.1. The first-order valence-corrected chi connectivity index (χ1v) is 23.7. The number of amides is 4. The Kier molecular flexibility index (Phi) is 17.3. The Hall–Kier alpha value is -6.40. The molecule has 1 aromatic heterocycles. The van der Waals surface area contributed by atoms with Crippen LogP contribution in [0.15, 0.2) is 77.5 Å². The van der Waals surface area contributed by atoms with Crippen molar-refractivity contribution in [3.63, 3.8) is 0 Å². The summed E-state index contributed by atoms with van der Waals surface area (Å²) >= 11 is 5.62. The van der Waals surface area contributed by atoms with Crippen molar-refractivity contribution in [2.45, 2.75) is 110 Å². The van der Waals surface area contributed by atoms with Crippen LogP contribution in [-0.2, 0) is 34.8 Å². The van der Waals surface area contributed by atoms with Crippen molar-refractivity contribution in [3.05, 3.63) is 95.5 Å². The Morgan fingerprint density at radius 1 is 0.958 bits per heavy atom. The van der Waals surface area contributed by atoms with Crippen LogP contribution in [0.3, 0.4) is 0 Å². The molecule has 71 heavy (non-hydrogen) atoms. The molecule has 3 heterocycles. The molecule has 0 bridgehead atoms. The summed E-state index contributed by atoms with van der Waals surface area (Å²) in [4.78, 5) is 62.3. The lowest BCUT2D eigenvalue weighted by molar-refractivity contribution is -0.144. The van der Waals surface area contributed by atoms with Gasteiger partial charge in [0.15, 0.2) is 17.3 Å². The molecule has 2 aliphatic rings. The molecule has 3 N–H and O–H groups in total. The minimum Gasteiger partial charge on any atom is -0.494 e. The number of nitrogens with one attached hydrogen (secondary N) is 2. The summed E-state index contributed by atoms with van der Waals surface area (Å²) in [6.45, 7) is 13.5. The van der Waals surface area contributed by atoms with E-state index in [0.29, 0.717) is 56.3 Å². The van der Waals surface area contributed by atoms with Crippen LogP contribution < -0.4 is 25.2 Å². The van der Waals surface area contributed by atoms with Crippen LogP contribution in [0, 0.1) is 23.7 Å². The number of halogens is 3. The molecule has 4 aromatic rings. The number of hydrogen-bond donors (Lipinski definition) is 3. The van der Waals surface area contributed by atoms with Crippen LogP contribution in [0.1, 0.15) is 95.7 Å². The van der Waals surface area contributed by atoms with Gasteiger partial charge in [-0.2, -0.15) is 18.4 Å². The van der Waals surface area contributed by atoms with Crippen molar-refractivity contribution < 1.29 is 56.1 Å². The topological polar surface area (TPSA) is 200 Å². The molecule has 3 aromatic carbocycles. The quantitative estimate of drug-likeness (QED) is 0.0585. The summed E-state index contributed by atoms with van der Waals surface area (Å²) in [7, 11) is 0. The molecule has 2 fully saturated rings. The van der Waals surface area contributed by atoms with Gasteiger partial charge >= 0.3 is 6.18 Å². The summed E-state index contributed by atoms with van der Waals surface area (Å²) in [5, 5.41) is 25.6. The number of benzene rings is 3. The largest absolute Gasteiger partial charge is 0.494 e. The van der Waals surface area contributed by atoms with Crippen LogP contribution in [0.4, 0.5) is 24.5 Å². The van der Waals surface area contributed by atoms with Crippen molar-refractivity contribution in [2.75, 3.05) is 49.4 Å². The smallest absolute Gasteiger partial charge is 0.417 e. The number of nitrogens with zero attached hydrogens (tertiary/aromatic N) is 5. The molecular formula is C51H60F3N7O9S. The van der Waals surface area contributed by atoms with Crippen molar-refractivity contribution in [1.29, 1.82) is 5.26 Å². The third-order valence-corrected chi connectivity index (χ3v) is 12.6. The number of aliphatic hydroxyl groups is 1. The molecule has 4 amide bonds. The maximum atomic E-state index is 14.0. The predicted molar refractivity (Wildman–Crippen MR) is 261 cm³/mol. The number of anilines is 2. The van der Waals surface area contributed by atoms with E-state index in [4.69, 9.17) is 30.8 Å². The maximum absolute atomic E-state index is 14.0. The fourth-order valence-corrected chi connectivity index (χ4v) is 8.92. The standard InChI is InChI=1S/C51H60F3N7O9S/c1-31(33-11-13-34(14-12-33)43-32(2)56-30-70-43)57-45(64)41-26-38(62)28-59(41)46(65)44(49(3,4)5)58-42(63)29-68-23-10-22-67-21-8-9-24-69-39-19-17-36(18-20-39)61-48(71)60(47(66)50(61,6)7)37-16-15-35(27-55)40(25-37)51(52,53)54/h11-20,25,30-31,38,41,44,62H,8-10,21-24,26,28-29H2,1-7H3,(H,57,64)(H,58,63)/t31-,38+,41-,44+/m0/s1. The summed E-state index contributed by atoms with van der Waals surface area (Å²) in [5.74, 6) is -0.685. The van der Waals surface area contributed by atoms with Crippen molar-refractivity contribution in [1.82, 2.24) is 20.5 Å². The van der Waals surface area contributed by atoms with Gasteiger partial charge < -0.3 is 44.2 Å². The number of rotatable bonds is 20. The van der Waals surface area contributed by atoms with E-state index < -0.39 is 76.1 Å². The van der Waals surface area contributed by atoms with Crippen LogP contribution in [0.2, 0.25) is 0 Å². The average molecular weight is 1000 g/mol. The first-order valence-electron chi connectivity index (χ1n) is 23.3. The van der Waals surface area contributed by atoms with Gasteiger partial charge in [0.05, 0.1) is 47.3 Å². The van der Waals surface area contributed by atoms with Gasteiger partial charge in [0, 0.05) is 44.0 Å². The fourth-order valence-electron chi connectivity index (χ4n) is 8.40. The van der Waals surface area contributed by atoms with E-state index in [1.807, 2.05) is 58.9 Å². The van der Waals surface area contributed by atoms with Gasteiger partial charge in [-0.1, -0.05) is 45.0 Å². The van der Waals surface area contributed by atoms with E-state index in [0.717, 1.165) is 33.9 Å². The van der Waals surface area contributed by atoms with Crippen LogP contribution in [0.5, 0.6) is 5.75 Å². The summed E-state index contributed by atoms with van der Waals surface area (Å²) in [6, 6.07) is 16.6. The van der Waals surface area contributed by atoms with Gasteiger partial charge in [0.1, 0.15) is 30.0 Å². The van der Waals surface area contributed by atoms with Gasteiger partial charge in [0.2, 0.25) is 17.7 Å². The lowest BCUT2D eigenvalue weighted by Crippen LogP contribution is -2.58. The molecule has 0 saturated carbocycles. The zero-order valence-electron chi connectivity index (χ0n) is 40.8. The summed E-state index contributed by atoms with van der Waals surface area (Å²) in [6.07, 6.45) is -2.36. The number of aromatic nitrogens is 1. The third kappa shape index (κ3) is 12.9. The third-order valence-electron chi connectivity index (χ3n) is 12.3. The molecule has 2 aliphatic heterocycles. The number of unbranched alkanes of at least 4 members (excludes halogenated alkanes) is 1. The Balaban J connectivity index is 0.875. The van der Waals surface area contributed by atoms with Crippen LogP contribution >= 0.6 is 12.2 Å². The number of aryl methyl sites for hydroxylation is 1. The van der Waals surface area contributed by atoms with Crippen LogP contribution in [0.25, 0.3) is 11.3 Å². The molecule has 20 heteroatoms. The highest BCUT2D eigenvalue weighted by Gasteiger charge is 2.51. The Bertz CT molecular complexity index is 2590. The summed E-state index contributed by atoms with van der Waals surface area (Å²) < 4.78 is 63.8. The van der Waals surface area contributed by atoms with Gasteiger partial charge in [-0.15, -0.1) is 0 Å². The molecule has 4 atom stereocenters. The van der Waals surface area contributed by atoms with E-state index in [9.17, 15) is 42.7 Å². The minimum atomic E-state index is -4.80. The van der Waals surface area contributed by atoms with Crippen molar-refractivity contribution in [2.24, 2.45) is 5.41 Å². The number of ether oxygens (including phenoxy) is 3. The number of hydrogen-bond acceptors (Lipinski definition) is 12. The predicted octanol–water partition coefficient (Wildman–Crippen LogP) is 7.41. The zero-order chi connectivity index (χ0) is 51.8.